The summed E-state index contributed by atoms with van der Waals surface area (Å²) in [5.41, 5.74) is 6.83. The summed E-state index contributed by atoms with van der Waals surface area (Å²) in [7, 11) is 0. The highest BCUT2D eigenvalue weighted by Gasteiger charge is 2.39. The Morgan fingerprint density at radius 1 is 1.25 bits per heavy atom. The van der Waals surface area contributed by atoms with Gasteiger partial charge in [-0.2, -0.15) is 0 Å². The number of piperidine rings is 1. The highest BCUT2D eigenvalue weighted by atomic mass is 16.2. The first-order valence-electron chi connectivity index (χ1n) is 8.93. The molecule has 0 aromatic heterocycles. The van der Waals surface area contributed by atoms with Crippen molar-refractivity contribution in [1.29, 1.82) is 0 Å². The lowest BCUT2D eigenvalue weighted by Gasteiger charge is -2.33. The molecule has 0 aliphatic carbocycles. The Morgan fingerprint density at radius 2 is 1.92 bits per heavy atom. The minimum Gasteiger partial charge on any atom is -0.342 e. The zero-order valence-electron chi connectivity index (χ0n) is 14.4. The standard InChI is InChI=1S/C19H27N3O2/c1-14(16-5-3-2-4-6-16)22-13-17(11-18(22)23)19(24)21-9-7-15(12-20)8-10-21/h2-6,14-15,17H,7-13,20H2,1H3. The van der Waals surface area contributed by atoms with E-state index in [4.69, 9.17) is 5.73 Å². The minimum atomic E-state index is -0.196. The quantitative estimate of drug-likeness (QED) is 0.916. The van der Waals surface area contributed by atoms with Crippen molar-refractivity contribution < 1.29 is 9.59 Å². The molecule has 5 nitrogen and oxygen atoms in total. The number of benzene rings is 1. The van der Waals surface area contributed by atoms with Crippen LogP contribution >= 0.6 is 0 Å². The van der Waals surface area contributed by atoms with Crippen LogP contribution in [0, 0.1) is 11.8 Å². The molecule has 0 radical (unpaired) electrons. The van der Waals surface area contributed by atoms with Crippen LogP contribution in [0.2, 0.25) is 0 Å². The van der Waals surface area contributed by atoms with Crippen LogP contribution in [0.5, 0.6) is 0 Å². The van der Waals surface area contributed by atoms with Gasteiger partial charge in [0.15, 0.2) is 0 Å². The molecule has 2 fully saturated rings. The molecule has 130 valence electrons. The zero-order chi connectivity index (χ0) is 17.1. The number of hydrogen-bond donors (Lipinski definition) is 1. The first kappa shape index (κ1) is 17.0. The Labute approximate surface area is 143 Å². The van der Waals surface area contributed by atoms with E-state index in [9.17, 15) is 9.59 Å². The van der Waals surface area contributed by atoms with Gasteiger partial charge >= 0.3 is 0 Å². The van der Waals surface area contributed by atoms with E-state index < -0.39 is 0 Å². The molecule has 3 rings (SSSR count). The van der Waals surface area contributed by atoms with Gasteiger partial charge in [0.05, 0.1) is 12.0 Å². The van der Waals surface area contributed by atoms with E-state index in [1.807, 2.05) is 47.1 Å². The third-order valence-electron chi connectivity index (χ3n) is 5.52. The molecule has 0 bridgehead atoms. The fourth-order valence-electron chi connectivity index (χ4n) is 3.83. The smallest absolute Gasteiger partial charge is 0.227 e. The lowest BCUT2D eigenvalue weighted by molar-refractivity contribution is -0.137. The maximum atomic E-state index is 12.8. The Kier molecular flexibility index (Phi) is 5.19. The van der Waals surface area contributed by atoms with Gasteiger partial charge in [0.2, 0.25) is 11.8 Å². The van der Waals surface area contributed by atoms with Crippen molar-refractivity contribution >= 4 is 11.8 Å². The third kappa shape index (κ3) is 3.46. The molecule has 5 heteroatoms. The predicted molar refractivity (Wildman–Crippen MR) is 93.0 cm³/mol. The summed E-state index contributed by atoms with van der Waals surface area (Å²) in [5.74, 6) is 0.565. The Morgan fingerprint density at radius 3 is 2.54 bits per heavy atom. The molecule has 0 saturated carbocycles. The number of carbonyl (C=O) groups is 2. The van der Waals surface area contributed by atoms with E-state index in [0.29, 0.717) is 25.4 Å². The maximum Gasteiger partial charge on any atom is 0.227 e. The summed E-state index contributed by atoms with van der Waals surface area (Å²) in [6, 6.07) is 10.0. The third-order valence-corrected chi connectivity index (χ3v) is 5.52. The average Bonchev–Trinajstić information content (AvgIpc) is 3.03. The van der Waals surface area contributed by atoms with Crippen molar-refractivity contribution in [1.82, 2.24) is 9.80 Å². The first-order valence-corrected chi connectivity index (χ1v) is 8.93. The van der Waals surface area contributed by atoms with Crippen molar-refractivity contribution in [3.8, 4) is 0 Å². The number of rotatable bonds is 4. The summed E-state index contributed by atoms with van der Waals surface area (Å²) >= 11 is 0. The van der Waals surface area contributed by atoms with Gasteiger partial charge in [0.1, 0.15) is 0 Å². The highest BCUT2D eigenvalue weighted by Crippen LogP contribution is 2.30. The molecule has 2 saturated heterocycles. The average molecular weight is 329 g/mol. The molecule has 2 aliphatic heterocycles. The Bertz CT molecular complexity index is 582. The van der Waals surface area contributed by atoms with Crippen molar-refractivity contribution in [3.05, 3.63) is 35.9 Å². The molecule has 2 unspecified atom stereocenters. The SMILES string of the molecule is CC(c1ccccc1)N1CC(C(=O)N2CCC(CN)CC2)CC1=O. The van der Waals surface area contributed by atoms with Gasteiger partial charge in [-0.15, -0.1) is 0 Å². The Balaban J connectivity index is 1.61. The van der Waals surface area contributed by atoms with Crippen LogP contribution < -0.4 is 5.73 Å². The Hall–Kier alpha value is -1.88. The maximum absolute atomic E-state index is 12.8. The number of nitrogens with two attached hydrogens (primary N) is 1. The highest BCUT2D eigenvalue weighted by molar-refractivity contribution is 5.89. The van der Waals surface area contributed by atoms with E-state index in [1.54, 1.807) is 0 Å². The number of hydrogen-bond acceptors (Lipinski definition) is 3. The molecule has 2 atom stereocenters. The molecular weight excluding hydrogens is 302 g/mol. The summed E-state index contributed by atoms with van der Waals surface area (Å²) in [5, 5.41) is 0. The van der Waals surface area contributed by atoms with Crippen LogP contribution in [0.4, 0.5) is 0 Å². The topological polar surface area (TPSA) is 66.6 Å². The predicted octanol–water partition coefficient (Wildman–Crippen LogP) is 1.79. The van der Waals surface area contributed by atoms with Crippen LogP contribution in [0.15, 0.2) is 30.3 Å². The van der Waals surface area contributed by atoms with E-state index in [-0.39, 0.29) is 23.8 Å². The number of nitrogens with zero attached hydrogens (tertiary/aromatic N) is 2. The van der Waals surface area contributed by atoms with Gasteiger partial charge in [0, 0.05) is 26.1 Å². The van der Waals surface area contributed by atoms with E-state index >= 15 is 0 Å². The van der Waals surface area contributed by atoms with Crippen LogP contribution in [0.1, 0.15) is 37.8 Å². The van der Waals surface area contributed by atoms with Crippen molar-refractivity contribution in [2.75, 3.05) is 26.2 Å². The number of likely N-dealkylation sites (tertiary alicyclic amines) is 2. The molecule has 2 heterocycles. The molecule has 24 heavy (non-hydrogen) atoms. The first-order chi connectivity index (χ1) is 11.6. The molecule has 2 N–H and O–H groups in total. The fraction of sp³-hybridized carbons (Fsp3) is 0.579. The van der Waals surface area contributed by atoms with E-state index in [2.05, 4.69) is 0 Å². The van der Waals surface area contributed by atoms with Gasteiger partial charge in [-0.1, -0.05) is 30.3 Å². The second-order valence-electron chi connectivity index (χ2n) is 7.04. The molecule has 2 aliphatic rings. The summed E-state index contributed by atoms with van der Waals surface area (Å²) in [4.78, 5) is 29.0. The normalized spacial score (nSPS) is 23.6. The van der Waals surface area contributed by atoms with Gasteiger partial charge in [-0.25, -0.2) is 0 Å². The van der Waals surface area contributed by atoms with Crippen LogP contribution in [0.25, 0.3) is 0 Å². The van der Waals surface area contributed by atoms with Gasteiger partial charge < -0.3 is 15.5 Å². The lowest BCUT2D eigenvalue weighted by atomic mass is 9.95. The monoisotopic (exact) mass is 329 g/mol. The minimum absolute atomic E-state index is 0.0134. The second kappa shape index (κ2) is 7.34. The fourth-order valence-corrected chi connectivity index (χ4v) is 3.83. The molecule has 1 aromatic rings. The van der Waals surface area contributed by atoms with Crippen molar-refractivity contribution in [2.24, 2.45) is 17.6 Å². The molecule has 0 spiro atoms. The van der Waals surface area contributed by atoms with Gasteiger partial charge in [0.25, 0.3) is 0 Å². The van der Waals surface area contributed by atoms with Crippen LogP contribution in [-0.4, -0.2) is 47.8 Å². The summed E-state index contributed by atoms with van der Waals surface area (Å²) < 4.78 is 0. The van der Waals surface area contributed by atoms with Gasteiger partial charge in [-0.3, -0.25) is 9.59 Å². The van der Waals surface area contributed by atoms with E-state index in [0.717, 1.165) is 31.5 Å². The lowest BCUT2D eigenvalue weighted by Crippen LogP contribution is -2.43. The van der Waals surface area contributed by atoms with Crippen LogP contribution in [0.3, 0.4) is 0 Å². The molecular formula is C19H27N3O2. The van der Waals surface area contributed by atoms with Crippen molar-refractivity contribution in [3.63, 3.8) is 0 Å². The number of amides is 2. The number of carbonyl (C=O) groups excluding carboxylic acids is 2. The second-order valence-corrected chi connectivity index (χ2v) is 7.04. The summed E-state index contributed by atoms with van der Waals surface area (Å²) in [6.45, 7) is 4.82. The molecule has 2 amide bonds. The summed E-state index contributed by atoms with van der Waals surface area (Å²) in [6.07, 6.45) is 2.30. The van der Waals surface area contributed by atoms with Crippen molar-refractivity contribution in [2.45, 2.75) is 32.2 Å². The zero-order valence-corrected chi connectivity index (χ0v) is 14.4. The van der Waals surface area contributed by atoms with Gasteiger partial charge in [-0.05, 0) is 37.8 Å². The largest absolute Gasteiger partial charge is 0.342 e. The van der Waals surface area contributed by atoms with E-state index in [1.165, 1.54) is 0 Å². The van der Waals surface area contributed by atoms with Crippen LogP contribution in [-0.2, 0) is 9.59 Å². The molecule has 1 aromatic carbocycles.